The minimum atomic E-state index is -0.330. The largest absolute Gasteiger partial charge is 0.356 e. The molecule has 2 rings (SSSR count). The molecule has 1 aliphatic heterocycles. The van der Waals surface area contributed by atoms with E-state index in [9.17, 15) is 0 Å². The van der Waals surface area contributed by atoms with Gasteiger partial charge in [-0.25, -0.2) is 0 Å². The van der Waals surface area contributed by atoms with Gasteiger partial charge in [0, 0.05) is 27.2 Å². The first kappa shape index (κ1) is 15.9. The normalized spacial score (nSPS) is 25.8. The average Bonchev–Trinajstić information content (AvgIpc) is 2.56. The molecule has 5 heteroatoms. The van der Waals surface area contributed by atoms with Crippen LogP contribution in [0.5, 0.6) is 0 Å². The van der Waals surface area contributed by atoms with Crippen LogP contribution in [0, 0.1) is 17.2 Å². The second-order valence-electron chi connectivity index (χ2n) is 5.04. The van der Waals surface area contributed by atoms with Crippen LogP contribution in [0.1, 0.15) is 30.1 Å². The second-order valence-corrected chi connectivity index (χ2v) is 5.04. The predicted molar refractivity (Wildman–Crippen MR) is 76.3 cm³/mol. The quantitative estimate of drug-likeness (QED) is 0.780. The van der Waals surface area contributed by atoms with E-state index in [4.69, 9.17) is 24.2 Å². The van der Waals surface area contributed by atoms with Crippen LogP contribution in [0.2, 0.25) is 0 Å². The molecule has 0 saturated carbocycles. The Bertz CT molecular complexity index is 478. The number of hydrogen-bond donors (Lipinski definition) is 0. The summed E-state index contributed by atoms with van der Waals surface area (Å²) < 4.78 is 22.2. The lowest BCUT2D eigenvalue weighted by Gasteiger charge is -2.38. The van der Waals surface area contributed by atoms with Crippen LogP contribution in [-0.2, 0) is 18.9 Å². The number of nitriles is 1. The number of hydrogen-bond acceptors (Lipinski definition) is 5. The van der Waals surface area contributed by atoms with Crippen molar-refractivity contribution >= 4 is 0 Å². The molecule has 0 aromatic heterocycles. The van der Waals surface area contributed by atoms with Gasteiger partial charge in [-0.3, -0.25) is 0 Å². The van der Waals surface area contributed by atoms with Gasteiger partial charge in [-0.1, -0.05) is 12.1 Å². The summed E-state index contributed by atoms with van der Waals surface area (Å²) in [4.78, 5) is 0. The van der Waals surface area contributed by atoms with E-state index >= 15 is 0 Å². The lowest BCUT2D eigenvalue weighted by atomic mass is 9.88. The van der Waals surface area contributed by atoms with Crippen molar-refractivity contribution in [1.29, 1.82) is 5.26 Å². The van der Waals surface area contributed by atoms with E-state index in [1.807, 2.05) is 12.1 Å². The van der Waals surface area contributed by atoms with Crippen LogP contribution in [0.25, 0.3) is 0 Å². The summed E-state index contributed by atoms with van der Waals surface area (Å²) in [7, 11) is 4.91. The van der Waals surface area contributed by atoms with Gasteiger partial charge in [0.25, 0.3) is 0 Å². The molecular formula is C16H21NO4. The topological polar surface area (TPSA) is 60.7 Å². The van der Waals surface area contributed by atoms with Crippen LogP contribution in [0.3, 0.4) is 0 Å². The molecule has 1 heterocycles. The standard InChI is InChI=1S/C16H21NO4/c1-18-14-9-8-13(16(19-2)20-3)15(21-14)12-6-4-11(10-17)5-7-12/h4-7,13-16H,8-9H2,1-3H3/t13-,14?,15-/m0/s1. The SMILES string of the molecule is COC1CC[C@H](C(OC)OC)[C@H](c2ccc(C#N)cc2)O1. The molecule has 1 saturated heterocycles. The van der Waals surface area contributed by atoms with E-state index in [0.29, 0.717) is 5.56 Å². The monoisotopic (exact) mass is 291 g/mol. The molecule has 1 unspecified atom stereocenters. The Balaban J connectivity index is 2.25. The third-order valence-corrected chi connectivity index (χ3v) is 3.87. The molecule has 1 aliphatic rings. The Labute approximate surface area is 125 Å². The smallest absolute Gasteiger partial charge is 0.162 e. The minimum absolute atomic E-state index is 0.0827. The molecule has 1 aromatic carbocycles. The Hall–Kier alpha value is -1.45. The maximum atomic E-state index is 8.89. The van der Waals surface area contributed by atoms with Gasteiger partial charge in [0.15, 0.2) is 12.6 Å². The van der Waals surface area contributed by atoms with Crippen molar-refractivity contribution in [1.82, 2.24) is 0 Å². The molecular weight excluding hydrogens is 270 g/mol. The maximum Gasteiger partial charge on any atom is 0.162 e. The molecule has 0 amide bonds. The fourth-order valence-electron chi connectivity index (χ4n) is 2.78. The lowest BCUT2D eigenvalue weighted by molar-refractivity contribution is -0.245. The van der Waals surface area contributed by atoms with Gasteiger partial charge in [0.2, 0.25) is 0 Å². The van der Waals surface area contributed by atoms with Crippen molar-refractivity contribution < 1.29 is 18.9 Å². The van der Waals surface area contributed by atoms with Gasteiger partial charge in [0.1, 0.15) is 0 Å². The fraction of sp³-hybridized carbons (Fsp3) is 0.562. The maximum absolute atomic E-state index is 8.89. The molecule has 1 fully saturated rings. The van der Waals surface area contributed by atoms with Crippen LogP contribution in [0.15, 0.2) is 24.3 Å². The lowest BCUT2D eigenvalue weighted by Crippen LogP contribution is -2.38. The van der Waals surface area contributed by atoms with E-state index in [-0.39, 0.29) is 24.6 Å². The second kappa shape index (κ2) is 7.53. The predicted octanol–water partition coefficient (Wildman–Crippen LogP) is 2.62. The van der Waals surface area contributed by atoms with Gasteiger partial charge in [0.05, 0.1) is 17.7 Å². The van der Waals surface area contributed by atoms with Crippen LogP contribution in [0.4, 0.5) is 0 Å². The van der Waals surface area contributed by atoms with E-state index in [1.54, 1.807) is 33.5 Å². The summed E-state index contributed by atoms with van der Waals surface area (Å²) >= 11 is 0. The minimum Gasteiger partial charge on any atom is -0.356 e. The molecule has 0 aliphatic carbocycles. The number of methoxy groups -OCH3 is 3. The van der Waals surface area contributed by atoms with E-state index in [0.717, 1.165) is 18.4 Å². The van der Waals surface area contributed by atoms with E-state index in [2.05, 4.69) is 6.07 Å². The Morgan fingerprint density at radius 3 is 2.33 bits per heavy atom. The van der Waals surface area contributed by atoms with Gasteiger partial charge >= 0.3 is 0 Å². The molecule has 0 N–H and O–H groups in total. The first-order chi connectivity index (χ1) is 10.2. The Morgan fingerprint density at radius 2 is 1.81 bits per heavy atom. The number of ether oxygens (including phenoxy) is 4. The summed E-state index contributed by atoms with van der Waals surface area (Å²) in [5, 5.41) is 8.89. The zero-order valence-corrected chi connectivity index (χ0v) is 12.6. The molecule has 0 radical (unpaired) electrons. The van der Waals surface area contributed by atoms with Crippen LogP contribution < -0.4 is 0 Å². The van der Waals surface area contributed by atoms with Crippen LogP contribution >= 0.6 is 0 Å². The van der Waals surface area contributed by atoms with Crippen molar-refractivity contribution in [3.05, 3.63) is 35.4 Å². The molecule has 1 aromatic rings. The molecule has 0 spiro atoms. The fourth-order valence-corrected chi connectivity index (χ4v) is 2.78. The van der Waals surface area contributed by atoms with E-state index < -0.39 is 0 Å². The highest BCUT2D eigenvalue weighted by Crippen LogP contribution is 2.39. The Kier molecular flexibility index (Phi) is 5.71. The zero-order chi connectivity index (χ0) is 15.2. The highest BCUT2D eigenvalue weighted by atomic mass is 16.7. The van der Waals surface area contributed by atoms with Crippen molar-refractivity contribution in [3.63, 3.8) is 0 Å². The van der Waals surface area contributed by atoms with Crippen molar-refractivity contribution in [2.75, 3.05) is 21.3 Å². The van der Waals surface area contributed by atoms with Gasteiger partial charge in [-0.05, 0) is 30.5 Å². The summed E-state index contributed by atoms with van der Waals surface area (Å²) in [5.41, 5.74) is 1.63. The number of benzene rings is 1. The summed E-state index contributed by atoms with van der Waals surface area (Å²) in [6.45, 7) is 0. The van der Waals surface area contributed by atoms with Gasteiger partial charge < -0.3 is 18.9 Å². The first-order valence-electron chi connectivity index (χ1n) is 6.97. The molecule has 0 bridgehead atoms. The molecule has 21 heavy (non-hydrogen) atoms. The molecule has 114 valence electrons. The number of nitrogens with zero attached hydrogens (tertiary/aromatic N) is 1. The van der Waals surface area contributed by atoms with Crippen LogP contribution in [-0.4, -0.2) is 33.9 Å². The average molecular weight is 291 g/mol. The third kappa shape index (κ3) is 3.60. The van der Waals surface area contributed by atoms with Gasteiger partial charge in [-0.15, -0.1) is 0 Å². The number of rotatable bonds is 5. The summed E-state index contributed by atoms with van der Waals surface area (Å²) in [6, 6.07) is 9.53. The van der Waals surface area contributed by atoms with E-state index in [1.165, 1.54) is 0 Å². The summed E-state index contributed by atoms with van der Waals surface area (Å²) in [6.07, 6.45) is 0.952. The molecule has 5 nitrogen and oxygen atoms in total. The zero-order valence-electron chi connectivity index (χ0n) is 12.6. The molecule has 3 atom stereocenters. The highest BCUT2D eigenvalue weighted by Gasteiger charge is 2.37. The highest BCUT2D eigenvalue weighted by molar-refractivity contribution is 5.32. The van der Waals surface area contributed by atoms with Gasteiger partial charge in [-0.2, -0.15) is 5.26 Å². The van der Waals surface area contributed by atoms with Crippen molar-refractivity contribution in [3.8, 4) is 6.07 Å². The summed E-state index contributed by atoms with van der Waals surface area (Å²) in [5.74, 6) is 0.0827. The van der Waals surface area contributed by atoms with Crippen molar-refractivity contribution in [2.24, 2.45) is 5.92 Å². The van der Waals surface area contributed by atoms with Crippen molar-refractivity contribution in [2.45, 2.75) is 31.5 Å². The first-order valence-corrected chi connectivity index (χ1v) is 6.97. The third-order valence-electron chi connectivity index (χ3n) is 3.87. The Morgan fingerprint density at radius 1 is 1.14 bits per heavy atom.